The van der Waals surface area contributed by atoms with Crippen molar-refractivity contribution in [3.05, 3.63) is 35.9 Å². The van der Waals surface area contributed by atoms with E-state index in [-0.39, 0.29) is 12.3 Å². The first kappa shape index (κ1) is 23.4. The van der Waals surface area contributed by atoms with E-state index in [2.05, 4.69) is 22.9 Å². The highest BCUT2D eigenvalue weighted by Gasteiger charge is 2.35. The third-order valence-electron chi connectivity index (χ3n) is 5.11. The molecule has 2 rings (SSSR count). The van der Waals surface area contributed by atoms with Crippen LogP contribution in [-0.4, -0.2) is 48.9 Å². The van der Waals surface area contributed by atoms with Crippen LogP contribution in [0.2, 0.25) is 0 Å². The first-order chi connectivity index (χ1) is 14.4. The summed E-state index contributed by atoms with van der Waals surface area (Å²) in [6, 6.07) is 6.97. The van der Waals surface area contributed by atoms with Crippen LogP contribution in [0.15, 0.2) is 30.3 Å². The average Bonchev–Trinajstić information content (AvgIpc) is 2.74. The largest absolute Gasteiger partial charge is 0.467 e. The molecule has 1 saturated heterocycles. The van der Waals surface area contributed by atoms with Crippen molar-refractivity contribution in [2.45, 2.75) is 70.0 Å². The lowest BCUT2D eigenvalue weighted by molar-refractivity contribution is -0.145. The van der Waals surface area contributed by atoms with E-state index in [9.17, 15) is 19.2 Å². The standard InChI is InChI=1S/C22H31N3O5/c1-3-4-5-9-12-16(22(29)30-2)23-19(26)14-18-21(28)24-17(20(27)25-18)13-15-10-7-6-8-11-15/h6-8,10-11,16-18H,3-5,9,12-14H2,1-2H3,(H,23,26)(H,24,28)(H,25,27)/t16-,17-,18-/m0/s1. The summed E-state index contributed by atoms with van der Waals surface area (Å²) in [5.74, 6) is -1.74. The maximum Gasteiger partial charge on any atom is 0.328 e. The van der Waals surface area contributed by atoms with Crippen molar-refractivity contribution in [1.29, 1.82) is 0 Å². The second-order valence-electron chi connectivity index (χ2n) is 7.51. The molecule has 1 fully saturated rings. The number of carbonyl (C=O) groups excluding carboxylic acids is 4. The molecule has 0 bridgehead atoms. The Morgan fingerprint density at radius 1 is 1.03 bits per heavy atom. The molecule has 164 valence electrons. The minimum atomic E-state index is -0.970. The normalized spacial score (nSPS) is 19.4. The molecule has 1 aromatic rings. The van der Waals surface area contributed by atoms with Gasteiger partial charge < -0.3 is 20.7 Å². The quantitative estimate of drug-likeness (QED) is 0.370. The number of unbranched alkanes of at least 4 members (excludes halogenated alkanes) is 3. The molecule has 1 aliphatic rings. The van der Waals surface area contributed by atoms with Gasteiger partial charge in [0.15, 0.2) is 0 Å². The van der Waals surface area contributed by atoms with Gasteiger partial charge in [-0.05, 0) is 12.0 Å². The summed E-state index contributed by atoms with van der Waals surface area (Å²) in [6.45, 7) is 2.09. The van der Waals surface area contributed by atoms with E-state index in [0.717, 1.165) is 31.2 Å². The monoisotopic (exact) mass is 417 g/mol. The predicted molar refractivity (Wildman–Crippen MR) is 111 cm³/mol. The van der Waals surface area contributed by atoms with Crippen molar-refractivity contribution in [2.75, 3.05) is 7.11 Å². The van der Waals surface area contributed by atoms with Gasteiger partial charge in [-0.1, -0.05) is 62.9 Å². The molecule has 1 aliphatic heterocycles. The third-order valence-corrected chi connectivity index (χ3v) is 5.11. The van der Waals surface area contributed by atoms with Crippen molar-refractivity contribution in [1.82, 2.24) is 16.0 Å². The van der Waals surface area contributed by atoms with E-state index in [1.807, 2.05) is 30.3 Å². The summed E-state index contributed by atoms with van der Waals surface area (Å²) in [5.41, 5.74) is 0.929. The average molecular weight is 418 g/mol. The summed E-state index contributed by atoms with van der Waals surface area (Å²) in [6.07, 6.45) is 4.48. The highest BCUT2D eigenvalue weighted by Crippen LogP contribution is 2.10. The molecule has 0 aromatic heterocycles. The van der Waals surface area contributed by atoms with E-state index in [0.29, 0.717) is 12.8 Å². The van der Waals surface area contributed by atoms with Gasteiger partial charge in [0.1, 0.15) is 18.1 Å². The third kappa shape index (κ3) is 7.17. The van der Waals surface area contributed by atoms with E-state index in [1.165, 1.54) is 7.11 Å². The topological polar surface area (TPSA) is 114 Å². The zero-order valence-electron chi connectivity index (χ0n) is 17.6. The number of rotatable bonds is 11. The summed E-state index contributed by atoms with van der Waals surface area (Å²) in [4.78, 5) is 49.1. The van der Waals surface area contributed by atoms with Crippen molar-refractivity contribution in [2.24, 2.45) is 0 Å². The van der Waals surface area contributed by atoms with Gasteiger partial charge in [0.05, 0.1) is 13.5 Å². The molecule has 8 nitrogen and oxygen atoms in total. The lowest BCUT2D eigenvalue weighted by atomic mass is 10.0. The highest BCUT2D eigenvalue weighted by atomic mass is 16.5. The summed E-state index contributed by atoms with van der Waals surface area (Å²) in [5, 5.41) is 7.93. The summed E-state index contributed by atoms with van der Waals surface area (Å²) in [7, 11) is 1.27. The molecule has 0 radical (unpaired) electrons. The Kier molecular flexibility index (Phi) is 9.31. The summed E-state index contributed by atoms with van der Waals surface area (Å²) >= 11 is 0. The number of hydrogen-bond donors (Lipinski definition) is 3. The van der Waals surface area contributed by atoms with E-state index >= 15 is 0 Å². The number of amides is 3. The Morgan fingerprint density at radius 3 is 2.37 bits per heavy atom. The number of ether oxygens (including phenoxy) is 1. The maximum atomic E-state index is 12.4. The fourth-order valence-electron chi connectivity index (χ4n) is 3.42. The molecular weight excluding hydrogens is 386 g/mol. The number of nitrogens with one attached hydrogen (secondary N) is 3. The number of esters is 1. The summed E-state index contributed by atoms with van der Waals surface area (Å²) < 4.78 is 4.77. The molecule has 1 heterocycles. The molecule has 3 amide bonds. The van der Waals surface area contributed by atoms with Crippen LogP contribution < -0.4 is 16.0 Å². The van der Waals surface area contributed by atoms with Crippen LogP contribution in [0.25, 0.3) is 0 Å². The van der Waals surface area contributed by atoms with Gasteiger partial charge in [-0.2, -0.15) is 0 Å². The van der Waals surface area contributed by atoms with Crippen LogP contribution in [0.1, 0.15) is 51.0 Å². The van der Waals surface area contributed by atoms with Gasteiger partial charge >= 0.3 is 5.97 Å². The van der Waals surface area contributed by atoms with Gasteiger partial charge in [-0.15, -0.1) is 0 Å². The minimum Gasteiger partial charge on any atom is -0.467 e. The molecule has 0 saturated carbocycles. The van der Waals surface area contributed by atoms with Crippen LogP contribution in [0.3, 0.4) is 0 Å². The smallest absolute Gasteiger partial charge is 0.328 e. The number of hydrogen-bond acceptors (Lipinski definition) is 5. The van der Waals surface area contributed by atoms with Gasteiger partial charge in [-0.25, -0.2) is 4.79 Å². The number of carbonyl (C=O) groups is 4. The first-order valence-electron chi connectivity index (χ1n) is 10.5. The van der Waals surface area contributed by atoms with Gasteiger partial charge in [0, 0.05) is 6.42 Å². The van der Waals surface area contributed by atoms with Crippen molar-refractivity contribution >= 4 is 23.7 Å². The van der Waals surface area contributed by atoms with E-state index in [4.69, 9.17) is 4.74 Å². The van der Waals surface area contributed by atoms with Gasteiger partial charge in [0.2, 0.25) is 17.7 Å². The molecule has 30 heavy (non-hydrogen) atoms. The molecule has 0 spiro atoms. The van der Waals surface area contributed by atoms with Crippen LogP contribution in [0.4, 0.5) is 0 Å². The molecule has 0 aliphatic carbocycles. The van der Waals surface area contributed by atoms with Crippen LogP contribution in [0.5, 0.6) is 0 Å². The van der Waals surface area contributed by atoms with Crippen molar-refractivity contribution in [3.8, 4) is 0 Å². The Labute approximate surface area is 177 Å². The fraction of sp³-hybridized carbons (Fsp3) is 0.545. The molecular formula is C22H31N3O5. The van der Waals surface area contributed by atoms with Crippen molar-refractivity contribution in [3.63, 3.8) is 0 Å². The zero-order chi connectivity index (χ0) is 21.9. The fourth-order valence-corrected chi connectivity index (χ4v) is 3.42. The maximum absolute atomic E-state index is 12.4. The molecule has 1 aromatic carbocycles. The second-order valence-corrected chi connectivity index (χ2v) is 7.51. The van der Waals surface area contributed by atoms with Crippen LogP contribution in [-0.2, 0) is 30.3 Å². The lowest BCUT2D eigenvalue weighted by Crippen LogP contribution is -2.63. The molecule has 3 N–H and O–H groups in total. The SMILES string of the molecule is CCCCCC[C@H](NC(=O)C[C@@H]1NC(=O)[C@H](Cc2ccccc2)NC1=O)C(=O)OC. The van der Waals surface area contributed by atoms with Crippen molar-refractivity contribution < 1.29 is 23.9 Å². The first-order valence-corrected chi connectivity index (χ1v) is 10.5. The Morgan fingerprint density at radius 2 is 1.70 bits per heavy atom. The number of benzene rings is 1. The Bertz CT molecular complexity index is 738. The highest BCUT2D eigenvalue weighted by molar-refractivity contribution is 5.99. The van der Waals surface area contributed by atoms with Gasteiger partial charge in [-0.3, -0.25) is 14.4 Å². The number of methoxy groups -OCH3 is 1. The molecule has 3 atom stereocenters. The van der Waals surface area contributed by atoms with E-state index in [1.54, 1.807) is 0 Å². The van der Waals surface area contributed by atoms with Gasteiger partial charge in [0.25, 0.3) is 0 Å². The second kappa shape index (κ2) is 11.9. The Hall–Kier alpha value is -2.90. The van der Waals surface area contributed by atoms with Crippen LogP contribution >= 0.6 is 0 Å². The Balaban J connectivity index is 1.87. The number of piperazine rings is 1. The van der Waals surface area contributed by atoms with E-state index < -0.39 is 35.9 Å². The molecule has 0 unspecified atom stereocenters. The zero-order valence-corrected chi connectivity index (χ0v) is 17.6. The minimum absolute atomic E-state index is 0.238. The molecule has 8 heteroatoms. The lowest BCUT2D eigenvalue weighted by Gasteiger charge is -2.29. The van der Waals surface area contributed by atoms with Crippen LogP contribution in [0, 0.1) is 0 Å². The predicted octanol–water partition coefficient (Wildman–Crippen LogP) is 1.23.